The van der Waals surface area contributed by atoms with Gasteiger partial charge in [0, 0.05) is 36.9 Å². The summed E-state index contributed by atoms with van der Waals surface area (Å²) in [5.41, 5.74) is 0. The second-order valence-electron chi connectivity index (χ2n) is 0.238. The Labute approximate surface area is 57.1 Å². The molecule has 5 heteroatoms. The predicted octanol–water partition coefficient (Wildman–Crippen LogP) is -0.348. The Morgan fingerprint density at radius 3 is 1.80 bits per heavy atom. The standard InChI is InChI=1S/HNO3.Tm/c2-1(3)4;/h(H,2,3,4);. The van der Waals surface area contributed by atoms with Gasteiger partial charge in [0.1, 0.15) is 0 Å². The fraction of sp³-hybridized carbons (Fsp3) is 0. The topological polar surface area (TPSA) is 63.4 Å². The molecule has 0 atom stereocenters. The van der Waals surface area contributed by atoms with Crippen LogP contribution in [0.25, 0.3) is 0 Å². The molecule has 0 saturated heterocycles. The average Bonchev–Trinajstić information content (AvgIpc) is 0.811. The number of hydrogen-bond acceptors (Lipinski definition) is 2. The first-order valence-corrected chi connectivity index (χ1v) is 0.565. The first-order chi connectivity index (χ1) is 1.73. The normalized spacial score (nSPS) is 4.80. The average molecular weight is 232 g/mol. The van der Waals surface area contributed by atoms with Gasteiger partial charge >= 0.3 is 0 Å². The largest absolute Gasteiger partial charge is 0.328 e. The summed E-state index contributed by atoms with van der Waals surface area (Å²) in [6.07, 6.45) is 0. The van der Waals surface area contributed by atoms with Crippen LogP contribution < -0.4 is 0 Å². The van der Waals surface area contributed by atoms with Crippen molar-refractivity contribution in [2.45, 2.75) is 0 Å². The zero-order valence-electron chi connectivity index (χ0n) is 1.99. The molecule has 0 aliphatic rings. The predicted molar refractivity (Wildman–Crippen MR) is 8.78 cm³/mol. The van der Waals surface area contributed by atoms with Gasteiger partial charge in [-0.05, 0) is 0 Å². The number of hydrogen-bond donors (Lipinski definition) is 1. The van der Waals surface area contributed by atoms with Crippen LogP contribution in [-0.2, 0) is 0 Å². The second-order valence-corrected chi connectivity index (χ2v) is 0.238. The van der Waals surface area contributed by atoms with Gasteiger partial charge in [0.25, 0.3) is 5.09 Å². The van der Waals surface area contributed by atoms with E-state index in [0.717, 1.165) is 0 Å². The summed E-state index contributed by atoms with van der Waals surface area (Å²) in [5.74, 6) is 0. The third kappa shape index (κ3) is 140. The van der Waals surface area contributed by atoms with Crippen molar-refractivity contribution in [3.8, 4) is 0 Å². The van der Waals surface area contributed by atoms with Crippen LogP contribution in [-0.4, -0.2) is 10.3 Å². The Hall–Kier alpha value is 0.434. The van der Waals surface area contributed by atoms with E-state index in [-0.39, 0.29) is 36.9 Å². The maximum Gasteiger partial charge on any atom is 0.291 e. The quantitative estimate of drug-likeness (QED) is 0.458. The van der Waals surface area contributed by atoms with Gasteiger partial charge in [0.15, 0.2) is 0 Å². The first kappa shape index (κ1) is 9.06. The summed E-state index contributed by atoms with van der Waals surface area (Å²) in [4.78, 5) is 8.36. The van der Waals surface area contributed by atoms with Crippen molar-refractivity contribution >= 4 is 0 Å². The van der Waals surface area contributed by atoms with E-state index < -0.39 is 5.09 Å². The van der Waals surface area contributed by atoms with Crippen molar-refractivity contribution in [2.75, 3.05) is 0 Å². The summed E-state index contributed by atoms with van der Waals surface area (Å²) in [7, 11) is 0. The van der Waals surface area contributed by atoms with Crippen molar-refractivity contribution in [1.82, 2.24) is 0 Å². The molecule has 0 heterocycles. The molecule has 0 saturated carbocycles. The minimum atomic E-state index is -1.50. The van der Waals surface area contributed by atoms with Crippen LogP contribution in [0.5, 0.6) is 0 Å². The molecule has 0 aromatic heterocycles. The van der Waals surface area contributed by atoms with Crippen LogP contribution in [0.3, 0.4) is 0 Å². The smallest absolute Gasteiger partial charge is 0.291 e. The van der Waals surface area contributed by atoms with Gasteiger partial charge in [-0.25, -0.2) is 0 Å². The number of nitrogens with zero attached hydrogens (tertiary/aromatic N) is 1. The fourth-order valence-electron chi connectivity index (χ4n) is 0. The minimum absolute atomic E-state index is 0. The molecule has 0 aliphatic carbocycles. The zero-order chi connectivity index (χ0) is 3.58. The molecule has 1 N–H and O–H groups in total. The fourth-order valence-corrected chi connectivity index (χ4v) is 0. The molecule has 0 aliphatic heterocycles. The monoisotopic (exact) mass is 232 g/mol. The molecule has 0 amide bonds. The SMILES string of the molecule is O=[N+]([O-])O.[Tm]. The van der Waals surface area contributed by atoms with Gasteiger partial charge in [-0.1, -0.05) is 0 Å². The molecule has 0 bridgehead atoms. The molecule has 1 radical (unpaired) electrons. The molecule has 0 aromatic carbocycles. The zero-order valence-corrected chi connectivity index (χ0v) is 3.77. The summed E-state index contributed by atoms with van der Waals surface area (Å²) >= 11 is 0. The molecule has 0 aromatic rings. The van der Waals surface area contributed by atoms with Gasteiger partial charge in [-0.2, -0.15) is 0 Å². The molecule has 37 valence electrons. The van der Waals surface area contributed by atoms with Crippen LogP contribution in [0.2, 0.25) is 0 Å². The van der Waals surface area contributed by atoms with Gasteiger partial charge < -0.3 is 5.21 Å². The minimum Gasteiger partial charge on any atom is -0.328 e. The summed E-state index contributed by atoms with van der Waals surface area (Å²) in [6.45, 7) is 0. The molecule has 0 rings (SSSR count). The van der Waals surface area contributed by atoms with E-state index in [1.54, 1.807) is 0 Å². The van der Waals surface area contributed by atoms with Gasteiger partial charge in [-0.15, -0.1) is 10.1 Å². The molecular formula is HNO3Tm. The number of rotatable bonds is 0. The van der Waals surface area contributed by atoms with Crippen LogP contribution in [0.1, 0.15) is 0 Å². The van der Waals surface area contributed by atoms with Crippen molar-refractivity contribution < 1.29 is 47.2 Å². The van der Waals surface area contributed by atoms with Gasteiger partial charge in [0.2, 0.25) is 0 Å². The Morgan fingerprint density at radius 1 is 1.80 bits per heavy atom. The van der Waals surface area contributed by atoms with Crippen molar-refractivity contribution in [3.63, 3.8) is 0 Å². The van der Waals surface area contributed by atoms with E-state index in [1.165, 1.54) is 0 Å². The third-order valence-corrected chi connectivity index (χ3v) is 0. The summed E-state index contributed by atoms with van der Waals surface area (Å²) in [5, 5.41) is 13.6. The van der Waals surface area contributed by atoms with Crippen molar-refractivity contribution in [3.05, 3.63) is 10.1 Å². The van der Waals surface area contributed by atoms with Crippen LogP contribution in [0, 0.1) is 47.0 Å². The summed E-state index contributed by atoms with van der Waals surface area (Å²) in [6, 6.07) is 0. The van der Waals surface area contributed by atoms with E-state index in [1.807, 2.05) is 0 Å². The Bertz CT molecular complexity index is 29.9. The van der Waals surface area contributed by atoms with Gasteiger partial charge in [-0.3, -0.25) is 0 Å². The van der Waals surface area contributed by atoms with E-state index >= 15 is 0 Å². The molecule has 0 unspecified atom stereocenters. The first-order valence-electron chi connectivity index (χ1n) is 0.565. The second kappa shape index (κ2) is 4.43. The molecule has 4 nitrogen and oxygen atoms in total. The summed E-state index contributed by atoms with van der Waals surface area (Å²) < 4.78 is 0. The van der Waals surface area contributed by atoms with E-state index in [4.69, 9.17) is 15.3 Å². The van der Waals surface area contributed by atoms with E-state index in [2.05, 4.69) is 0 Å². The Balaban J connectivity index is 0. The van der Waals surface area contributed by atoms with Crippen molar-refractivity contribution in [1.29, 1.82) is 0 Å². The van der Waals surface area contributed by atoms with Gasteiger partial charge in [0.05, 0.1) is 0 Å². The Morgan fingerprint density at radius 2 is 1.80 bits per heavy atom. The van der Waals surface area contributed by atoms with E-state index in [0.29, 0.717) is 0 Å². The van der Waals surface area contributed by atoms with Crippen molar-refractivity contribution in [2.24, 2.45) is 0 Å². The molecule has 0 fully saturated rings. The van der Waals surface area contributed by atoms with E-state index in [9.17, 15) is 0 Å². The van der Waals surface area contributed by atoms with Crippen LogP contribution >= 0.6 is 0 Å². The Kier molecular flexibility index (Phi) is 8.03. The maximum absolute atomic E-state index is 8.36. The third-order valence-electron chi connectivity index (χ3n) is 0. The maximum atomic E-state index is 8.36. The van der Waals surface area contributed by atoms with Crippen LogP contribution in [0.4, 0.5) is 0 Å². The van der Waals surface area contributed by atoms with Crippen LogP contribution in [0.15, 0.2) is 0 Å². The molecular weight excluding hydrogens is 231 g/mol. The molecule has 5 heavy (non-hydrogen) atoms. The molecule has 0 spiro atoms.